The fourth-order valence-corrected chi connectivity index (χ4v) is 1.65. The van der Waals surface area contributed by atoms with Gasteiger partial charge >= 0.3 is 5.97 Å². The smallest absolute Gasteiger partial charge is 0.327 e. The summed E-state index contributed by atoms with van der Waals surface area (Å²) >= 11 is 0. The van der Waals surface area contributed by atoms with E-state index in [1.807, 2.05) is 0 Å². The molecule has 104 valence electrons. The zero-order valence-electron chi connectivity index (χ0n) is 11.5. The largest absolute Gasteiger partial charge is 0.478 e. The number of carboxylic acids is 1. The van der Waals surface area contributed by atoms with Crippen LogP contribution in [0.3, 0.4) is 0 Å². The SMILES string of the molecule is CN(C)C(=O)CCCCCCCC/C=C/C(=O)O. The lowest BCUT2D eigenvalue weighted by molar-refractivity contribution is -0.131. The van der Waals surface area contributed by atoms with Crippen molar-refractivity contribution in [3.63, 3.8) is 0 Å². The van der Waals surface area contributed by atoms with Gasteiger partial charge in [-0.05, 0) is 19.3 Å². The Bertz CT molecular complexity index is 272. The molecule has 1 amide bonds. The van der Waals surface area contributed by atoms with Crippen molar-refractivity contribution >= 4 is 11.9 Å². The number of rotatable bonds is 10. The van der Waals surface area contributed by atoms with Crippen molar-refractivity contribution in [3.8, 4) is 0 Å². The molecule has 0 spiro atoms. The Labute approximate surface area is 110 Å². The minimum Gasteiger partial charge on any atom is -0.478 e. The third kappa shape index (κ3) is 11.2. The zero-order valence-corrected chi connectivity index (χ0v) is 11.5. The van der Waals surface area contributed by atoms with Gasteiger partial charge in [0.05, 0.1) is 0 Å². The number of unbranched alkanes of at least 4 members (excludes halogenated alkanes) is 6. The minimum atomic E-state index is -0.874. The van der Waals surface area contributed by atoms with Crippen LogP contribution < -0.4 is 0 Å². The Morgan fingerprint density at radius 1 is 1.00 bits per heavy atom. The second kappa shape index (κ2) is 10.8. The summed E-state index contributed by atoms with van der Waals surface area (Å²) in [4.78, 5) is 23.1. The van der Waals surface area contributed by atoms with Gasteiger partial charge < -0.3 is 10.0 Å². The highest BCUT2D eigenvalue weighted by molar-refractivity contribution is 5.79. The Balaban J connectivity index is 3.22. The molecule has 0 saturated heterocycles. The summed E-state index contributed by atoms with van der Waals surface area (Å²) in [7, 11) is 3.57. The molecule has 0 heterocycles. The molecular formula is C14H25NO3. The van der Waals surface area contributed by atoms with Crippen molar-refractivity contribution in [2.45, 2.75) is 51.4 Å². The Kier molecular flexibility index (Phi) is 10.0. The maximum absolute atomic E-state index is 11.3. The number of carboxylic acid groups (broad SMARTS) is 1. The van der Waals surface area contributed by atoms with E-state index in [1.165, 1.54) is 6.08 Å². The third-order valence-electron chi connectivity index (χ3n) is 2.77. The van der Waals surface area contributed by atoms with E-state index < -0.39 is 5.97 Å². The van der Waals surface area contributed by atoms with E-state index in [1.54, 1.807) is 25.1 Å². The number of allylic oxidation sites excluding steroid dienone is 1. The average Bonchev–Trinajstić information content (AvgIpc) is 2.30. The highest BCUT2D eigenvalue weighted by Gasteiger charge is 2.02. The van der Waals surface area contributed by atoms with Crippen LogP contribution in [0, 0.1) is 0 Å². The van der Waals surface area contributed by atoms with Crippen LogP contribution >= 0.6 is 0 Å². The molecule has 4 nitrogen and oxygen atoms in total. The van der Waals surface area contributed by atoms with Crippen LogP contribution in [0.15, 0.2) is 12.2 Å². The van der Waals surface area contributed by atoms with Crippen molar-refractivity contribution in [2.75, 3.05) is 14.1 Å². The van der Waals surface area contributed by atoms with Crippen molar-refractivity contribution in [3.05, 3.63) is 12.2 Å². The maximum Gasteiger partial charge on any atom is 0.327 e. The van der Waals surface area contributed by atoms with Crippen LogP contribution in [-0.2, 0) is 9.59 Å². The lowest BCUT2D eigenvalue weighted by Gasteiger charge is -2.09. The first-order chi connectivity index (χ1) is 8.54. The van der Waals surface area contributed by atoms with Gasteiger partial charge in [-0.15, -0.1) is 0 Å². The molecule has 0 unspecified atom stereocenters. The summed E-state index contributed by atoms with van der Waals surface area (Å²) in [5, 5.41) is 8.38. The summed E-state index contributed by atoms with van der Waals surface area (Å²) in [6.45, 7) is 0. The van der Waals surface area contributed by atoms with Gasteiger partial charge in [0, 0.05) is 26.6 Å². The van der Waals surface area contributed by atoms with Crippen molar-refractivity contribution < 1.29 is 14.7 Å². The van der Waals surface area contributed by atoms with E-state index in [0.29, 0.717) is 6.42 Å². The summed E-state index contributed by atoms with van der Waals surface area (Å²) in [6, 6.07) is 0. The fourth-order valence-electron chi connectivity index (χ4n) is 1.65. The first kappa shape index (κ1) is 16.7. The molecule has 18 heavy (non-hydrogen) atoms. The highest BCUT2D eigenvalue weighted by atomic mass is 16.4. The summed E-state index contributed by atoms with van der Waals surface area (Å²) < 4.78 is 0. The summed E-state index contributed by atoms with van der Waals surface area (Å²) in [5.41, 5.74) is 0. The lowest BCUT2D eigenvalue weighted by atomic mass is 10.1. The van der Waals surface area contributed by atoms with Crippen molar-refractivity contribution in [1.29, 1.82) is 0 Å². The number of amides is 1. The molecule has 0 saturated carbocycles. The van der Waals surface area contributed by atoms with Crippen LogP contribution in [0.2, 0.25) is 0 Å². The summed E-state index contributed by atoms with van der Waals surface area (Å²) in [6.07, 6.45) is 11.0. The molecule has 4 heteroatoms. The van der Waals surface area contributed by atoms with Crippen LogP contribution in [0.25, 0.3) is 0 Å². The van der Waals surface area contributed by atoms with E-state index in [-0.39, 0.29) is 5.91 Å². The highest BCUT2D eigenvalue weighted by Crippen LogP contribution is 2.09. The first-order valence-corrected chi connectivity index (χ1v) is 6.63. The summed E-state index contributed by atoms with van der Waals surface area (Å²) in [5.74, 6) is -0.672. The molecule has 0 aliphatic heterocycles. The van der Waals surface area contributed by atoms with Crippen molar-refractivity contribution in [2.24, 2.45) is 0 Å². The first-order valence-electron chi connectivity index (χ1n) is 6.63. The maximum atomic E-state index is 11.3. The Morgan fingerprint density at radius 3 is 2.11 bits per heavy atom. The minimum absolute atomic E-state index is 0.203. The van der Waals surface area contributed by atoms with Crippen LogP contribution in [0.4, 0.5) is 0 Å². The Hall–Kier alpha value is -1.32. The number of aliphatic carboxylic acids is 1. The standard InChI is InChI=1S/C14H25NO3/c1-15(2)13(16)11-9-7-5-3-4-6-8-10-12-14(17)18/h10,12H,3-9,11H2,1-2H3,(H,17,18)/b12-10+. The van der Waals surface area contributed by atoms with Gasteiger partial charge in [-0.25, -0.2) is 4.79 Å². The van der Waals surface area contributed by atoms with Crippen LogP contribution in [0.1, 0.15) is 51.4 Å². The Morgan fingerprint density at radius 2 is 1.56 bits per heavy atom. The molecule has 0 aromatic rings. The van der Waals surface area contributed by atoms with Gasteiger partial charge in [-0.3, -0.25) is 4.79 Å². The molecule has 1 N–H and O–H groups in total. The van der Waals surface area contributed by atoms with Gasteiger partial charge in [0.25, 0.3) is 0 Å². The van der Waals surface area contributed by atoms with Gasteiger partial charge in [-0.2, -0.15) is 0 Å². The quantitative estimate of drug-likeness (QED) is 0.482. The molecule has 0 atom stereocenters. The zero-order chi connectivity index (χ0) is 13.8. The average molecular weight is 255 g/mol. The normalized spacial score (nSPS) is 10.8. The van der Waals surface area contributed by atoms with Crippen LogP contribution in [0.5, 0.6) is 0 Å². The van der Waals surface area contributed by atoms with E-state index in [0.717, 1.165) is 44.9 Å². The molecule has 0 fully saturated rings. The molecular weight excluding hydrogens is 230 g/mol. The number of nitrogens with zero attached hydrogens (tertiary/aromatic N) is 1. The third-order valence-corrected chi connectivity index (χ3v) is 2.77. The van der Waals surface area contributed by atoms with Gasteiger partial charge in [-0.1, -0.05) is 31.8 Å². The lowest BCUT2D eigenvalue weighted by Crippen LogP contribution is -2.20. The second-order valence-electron chi connectivity index (χ2n) is 4.69. The molecule has 0 bridgehead atoms. The molecule has 0 aliphatic rings. The van der Waals surface area contributed by atoms with E-state index in [2.05, 4.69) is 0 Å². The molecule has 0 aromatic carbocycles. The van der Waals surface area contributed by atoms with Gasteiger partial charge in [0.15, 0.2) is 0 Å². The van der Waals surface area contributed by atoms with E-state index in [4.69, 9.17) is 5.11 Å². The second-order valence-corrected chi connectivity index (χ2v) is 4.69. The van der Waals surface area contributed by atoms with Crippen molar-refractivity contribution in [1.82, 2.24) is 4.90 Å². The number of hydrogen-bond acceptors (Lipinski definition) is 2. The molecule has 0 rings (SSSR count). The predicted octanol–water partition coefficient (Wildman–Crippen LogP) is 2.84. The molecule has 0 aromatic heterocycles. The fraction of sp³-hybridized carbons (Fsp3) is 0.714. The number of carbonyl (C=O) groups excluding carboxylic acids is 1. The predicted molar refractivity (Wildman–Crippen MR) is 72.4 cm³/mol. The number of hydrogen-bond donors (Lipinski definition) is 1. The number of carbonyl (C=O) groups is 2. The van der Waals surface area contributed by atoms with E-state index in [9.17, 15) is 9.59 Å². The van der Waals surface area contributed by atoms with Gasteiger partial charge in [0.1, 0.15) is 0 Å². The molecule has 0 radical (unpaired) electrons. The topological polar surface area (TPSA) is 57.6 Å². The van der Waals surface area contributed by atoms with E-state index >= 15 is 0 Å². The van der Waals surface area contributed by atoms with Crippen LogP contribution in [-0.4, -0.2) is 36.0 Å². The monoisotopic (exact) mass is 255 g/mol. The molecule has 0 aliphatic carbocycles. The van der Waals surface area contributed by atoms with Gasteiger partial charge in [0.2, 0.25) is 5.91 Å².